The summed E-state index contributed by atoms with van der Waals surface area (Å²) in [6.07, 6.45) is 9.03. The lowest BCUT2D eigenvalue weighted by Crippen LogP contribution is -2.53. The number of aryl methyl sites for hydroxylation is 1. The van der Waals surface area contributed by atoms with Crippen molar-refractivity contribution in [3.63, 3.8) is 0 Å². The summed E-state index contributed by atoms with van der Waals surface area (Å²) >= 11 is 0. The molecule has 6 N–H and O–H groups in total. The highest BCUT2D eigenvalue weighted by molar-refractivity contribution is 7.89. The van der Waals surface area contributed by atoms with Crippen molar-refractivity contribution in [2.75, 3.05) is 85.6 Å². The van der Waals surface area contributed by atoms with Gasteiger partial charge in [-0.1, -0.05) is 118 Å². The van der Waals surface area contributed by atoms with E-state index in [2.05, 4.69) is 149 Å². The fourth-order valence-electron chi connectivity index (χ4n) is 5.40. The smallest absolute Gasteiger partial charge is 0.302 e. The van der Waals surface area contributed by atoms with Gasteiger partial charge in [-0.2, -0.15) is 0 Å². The Balaban J connectivity index is -0.000000186. The Morgan fingerprint density at radius 1 is 0.714 bits per heavy atom. The molecule has 0 spiro atoms. The molecule has 1 amide bonds. The van der Waals surface area contributed by atoms with Crippen LogP contribution in [0.4, 0.5) is 4.39 Å². The first-order chi connectivity index (χ1) is 35.1. The molecule has 1 saturated carbocycles. The number of ether oxygens (including phenoxy) is 2. The zero-order chi connectivity index (χ0) is 61.7. The number of rotatable bonds is 23. The second-order valence-corrected chi connectivity index (χ2v) is 27.6. The molecule has 2 fully saturated rings. The van der Waals surface area contributed by atoms with Crippen LogP contribution in [0, 0.1) is 48.3 Å². The molecule has 1 aromatic heterocycles. The van der Waals surface area contributed by atoms with E-state index in [0.717, 1.165) is 70.1 Å². The fourth-order valence-corrected chi connectivity index (χ4v) is 6.89. The third-order valence-electron chi connectivity index (χ3n) is 9.70. The molecule has 1 atom stereocenters. The van der Waals surface area contributed by atoms with Crippen molar-refractivity contribution >= 4 is 31.9 Å². The largest absolute Gasteiger partial charge is 0.460 e. The first kappa shape index (κ1) is 86.0. The highest BCUT2D eigenvalue weighted by Crippen LogP contribution is 2.34. The van der Waals surface area contributed by atoms with E-state index in [9.17, 15) is 30.8 Å². The van der Waals surface area contributed by atoms with Crippen LogP contribution in [0.2, 0.25) is 0 Å². The Labute approximate surface area is 475 Å². The van der Waals surface area contributed by atoms with Crippen LogP contribution in [0.25, 0.3) is 0 Å². The number of hydrogen-bond donors (Lipinski definition) is 6. The minimum absolute atomic E-state index is 0.00463. The van der Waals surface area contributed by atoms with E-state index in [1.807, 2.05) is 47.1 Å². The zero-order valence-corrected chi connectivity index (χ0v) is 56.1. The molecule has 1 aromatic rings. The van der Waals surface area contributed by atoms with E-state index < -0.39 is 26.2 Å². The fraction of sp³-hybridized carbons (Fsp3) is 0.912. The number of likely N-dealkylation sites (tertiary alicyclic amines) is 1. The number of hydrogen-bond acceptors (Lipinski definition) is 13. The van der Waals surface area contributed by atoms with Gasteiger partial charge in [-0.05, 0) is 109 Å². The van der Waals surface area contributed by atoms with Gasteiger partial charge in [0.25, 0.3) is 0 Å². The van der Waals surface area contributed by atoms with Crippen LogP contribution in [0.5, 0.6) is 0 Å². The molecule has 20 heteroatoms. The van der Waals surface area contributed by atoms with Crippen LogP contribution in [-0.4, -0.2) is 159 Å². The summed E-state index contributed by atoms with van der Waals surface area (Å²) in [6, 6.07) is 0.639. The number of nitrogens with zero attached hydrogens (tertiary/aromatic N) is 3. The van der Waals surface area contributed by atoms with E-state index >= 15 is 0 Å². The van der Waals surface area contributed by atoms with Crippen molar-refractivity contribution in [1.82, 2.24) is 45.2 Å². The number of sulfonamides is 2. The quantitative estimate of drug-likeness (QED) is 0.0565. The Morgan fingerprint density at radius 3 is 1.42 bits per heavy atom. The van der Waals surface area contributed by atoms with Crippen molar-refractivity contribution in [1.29, 1.82) is 0 Å². The molecule has 17 nitrogen and oxygen atoms in total. The Bertz CT molecular complexity index is 1720. The lowest BCUT2D eigenvalue weighted by molar-refractivity contribution is -0.154. The molecule has 466 valence electrons. The standard InChI is InChI=1S/C9H17NO2.C8H18FN.C8H14N2.C8H17N.C6H13NO.C5H13NO2S.C5H12O.C4H11NO2S.C4H11N/c1-7(2)4-10-5-9(6-10)12-8(3)11;1-4-8(9)6-10-5-7(2)3;1-7(2)6-10-5-4-9-8(10)3;1-7(2)6-9-8(3)4-5-8;1-5(2)4-7-6(3)8;1-5(2)4-6-9(3,7)8;1-5(2)4-6-3;1-4(2)5-8(3,6)7;1-4(2)5-3/h7,9H,4-6H2,1-3H3;7-8,10H,4-6H2,1-3H3;4-5,7H,6H2,1-3H3;7,9H,4-6H2,1-3H3;5H,4H2,1-3H3,(H,7,8);5-6H,4H2,1-3H3;5H,4H2,1-3H3;4-5H,1-3H3;4-5H,1-3H3. The molecule has 1 aliphatic carbocycles. The number of aromatic nitrogens is 2. The molecule has 1 aliphatic heterocycles. The van der Waals surface area contributed by atoms with Gasteiger partial charge in [0.05, 0.1) is 12.5 Å². The SMILES string of the molecule is CC(=O)NCC(C)C.CC(=O)OC1CN(CC(C)C)C1.CC(C)CNC1(C)CC1.CC(C)CNS(C)(=O)=O.CC(C)NS(C)(=O)=O.CCC(F)CNCC(C)C.CNC(C)C.COCC(C)C.Cc1nccn1CC(C)C. The third-order valence-corrected chi connectivity index (χ3v) is 11.3. The maximum atomic E-state index is 12.5. The molecule has 0 radical (unpaired) electrons. The molecule has 2 aliphatic rings. The minimum Gasteiger partial charge on any atom is -0.460 e. The van der Waals surface area contributed by atoms with Crippen LogP contribution < -0.4 is 30.7 Å². The number of imidazole rings is 1. The van der Waals surface area contributed by atoms with Gasteiger partial charge in [0.2, 0.25) is 26.0 Å². The van der Waals surface area contributed by atoms with Gasteiger partial charge in [0, 0.05) is 103 Å². The summed E-state index contributed by atoms with van der Waals surface area (Å²) in [4.78, 5) is 27.2. The van der Waals surface area contributed by atoms with Gasteiger partial charge in [-0.15, -0.1) is 0 Å². The predicted octanol–water partition coefficient (Wildman–Crippen LogP) is 9.32. The van der Waals surface area contributed by atoms with E-state index in [4.69, 9.17) is 9.47 Å². The number of amides is 1. The van der Waals surface area contributed by atoms with Gasteiger partial charge in [-0.25, -0.2) is 35.7 Å². The van der Waals surface area contributed by atoms with Gasteiger partial charge < -0.3 is 35.3 Å². The van der Waals surface area contributed by atoms with Crippen LogP contribution >= 0.6 is 0 Å². The first-order valence-electron chi connectivity index (χ1n) is 28.4. The lowest BCUT2D eigenvalue weighted by Gasteiger charge is -2.39. The van der Waals surface area contributed by atoms with Crippen molar-refractivity contribution in [3.05, 3.63) is 18.2 Å². The van der Waals surface area contributed by atoms with Gasteiger partial charge >= 0.3 is 5.97 Å². The molecule has 3 rings (SSSR count). The van der Waals surface area contributed by atoms with Crippen LogP contribution in [0.15, 0.2) is 12.4 Å². The summed E-state index contributed by atoms with van der Waals surface area (Å²) < 4.78 is 70.8. The Hall–Kier alpha value is -2.30. The van der Waals surface area contributed by atoms with Crippen molar-refractivity contribution in [2.45, 2.75) is 215 Å². The number of carbonyl (C=O) groups is 2. The summed E-state index contributed by atoms with van der Waals surface area (Å²) in [7, 11) is -2.27. The molecular weight excluding hydrogens is 1020 g/mol. The average Bonchev–Trinajstić information content (AvgIpc) is 3.86. The average molecular weight is 1150 g/mol. The molecule has 0 bridgehead atoms. The van der Waals surface area contributed by atoms with E-state index in [1.54, 1.807) is 21.0 Å². The molecular formula is C57H126FN9O8S2. The Kier molecular flexibility index (Phi) is 56.5. The topological polar surface area (TPSA) is 214 Å². The lowest BCUT2D eigenvalue weighted by atomic mass is 10.1. The monoisotopic (exact) mass is 1150 g/mol. The van der Waals surface area contributed by atoms with Gasteiger partial charge in [0.15, 0.2) is 0 Å². The second-order valence-electron chi connectivity index (χ2n) is 23.9. The molecule has 1 saturated heterocycles. The summed E-state index contributed by atoms with van der Waals surface area (Å²) in [5.41, 5.74) is 0.532. The maximum absolute atomic E-state index is 12.5. The molecule has 1 unspecified atom stereocenters. The first-order valence-corrected chi connectivity index (χ1v) is 32.1. The van der Waals surface area contributed by atoms with Gasteiger partial charge in [0.1, 0.15) is 18.1 Å². The van der Waals surface area contributed by atoms with E-state index in [1.165, 1.54) is 33.2 Å². The number of alkyl halides is 1. The molecule has 2 heterocycles. The Morgan fingerprint density at radius 2 is 1.18 bits per heavy atom. The van der Waals surface area contributed by atoms with E-state index in [0.29, 0.717) is 66.6 Å². The van der Waals surface area contributed by atoms with Crippen LogP contribution in [0.1, 0.15) is 177 Å². The number of esters is 1. The van der Waals surface area contributed by atoms with Crippen molar-refractivity contribution in [2.24, 2.45) is 41.4 Å². The highest BCUT2D eigenvalue weighted by Gasteiger charge is 2.36. The molecule has 0 aromatic carbocycles. The maximum Gasteiger partial charge on any atom is 0.302 e. The summed E-state index contributed by atoms with van der Waals surface area (Å²) in [5.74, 6) is 5.41. The number of nitrogens with one attached hydrogen (secondary N) is 6. The molecule has 77 heavy (non-hydrogen) atoms. The summed E-state index contributed by atoms with van der Waals surface area (Å²) in [6.45, 7) is 55.6. The van der Waals surface area contributed by atoms with Crippen LogP contribution in [0.3, 0.4) is 0 Å². The third kappa shape index (κ3) is 82.7. The summed E-state index contributed by atoms with van der Waals surface area (Å²) in [5, 5.41) is 12.3. The number of methoxy groups -OCH3 is 1. The van der Waals surface area contributed by atoms with Crippen molar-refractivity contribution < 1.29 is 40.3 Å². The predicted molar refractivity (Wildman–Crippen MR) is 327 cm³/mol. The van der Waals surface area contributed by atoms with E-state index in [-0.39, 0.29) is 24.0 Å². The van der Waals surface area contributed by atoms with Crippen LogP contribution in [-0.2, 0) is 45.7 Å². The highest BCUT2D eigenvalue weighted by atomic mass is 32.2. The van der Waals surface area contributed by atoms with Crippen molar-refractivity contribution in [3.8, 4) is 0 Å². The number of carbonyl (C=O) groups excluding carboxylic acids is 2. The zero-order valence-electron chi connectivity index (χ0n) is 54.5. The van der Waals surface area contributed by atoms with Gasteiger partial charge in [-0.3, -0.25) is 14.5 Å². The normalized spacial score (nSPS) is 14.0. The number of halogens is 1. The second kappa shape index (κ2) is 50.6. The minimum atomic E-state index is -2.97.